The van der Waals surface area contributed by atoms with Gasteiger partial charge in [-0.3, -0.25) is 0 Å². The summed E-state index contributed by atoms with van der Waals surface area (Å²) in [4.78, 5) is 1.86. The normalized spacial score (nSPS) is 20.9. The summed E-state index contributed by atoms with van der Waals surface area (Å²) >= 11 is 0. The first-order valence-electron chi connectivity index (χ1n) is 4.68. The van der Waals surface area contributed by atoms with E-state index >= 15 is 0 Å². The zero-order chi connectivity index (χ0) is 9.97. The van der Waals surface area contributed by atoms with Crippen LogP contribution < -0.4 is 10.2 Å². The molecule has 15 heavy (non-hydrogen) atoms. The van der Waals surface area contributed by atoms with Crippen LogP contribution >= 0.6 is 12.4 Å². The fourth-order valence-electron chi connectivity index (χ4n) is 1.62. The minimum absolute atomic E-state index is 0. The topological polar surface area (TPSA) is 35.5 Å². The van der Waals surface area contributed by atoms with Crippen molar-refractivity contribution in [3.8, 4) is 0 Å². The molecule has 84 valence electrons. The van der Waals surface area contributed by atoms with E-state index in [1.165, 1.54) is 12.1 Å². The molecule has 1 aromatic carbocycles. The van der Waals surface area contributed by atoms with Crippen LogP contribution in [-0.2, 0) is 0 Å². The number of aliphatic hydroxyl groups excluding tert-OH is 1. The molecule has 5 heteroatoms. The van der Waals surface area contributed by atoms with E-state index in [1.807, 2.05) is 4.90 Å². The van der Waals surface area contributed by atoms with Gasteiger partial charge in [-0.15, -0.1) is 12.4 Å². The summed E-state index contributed by atoms with van der Waals surface area (Å²) in [6, 6.07) is 6.18. The van der Waals surface area contributed by atoms with Gasteiger partial charge in [0.05, 0.1) is 0 Å². The van der Waals surface area contributed by atoms with Crippen LogP contribution in [0.1, 0.15) is 0 Å². The molecule has 1 saturated heterocycles. The van der Waals surface area contributed by atoms with Crippen molar-refractivity contribution in [2.24, 2.45) is 0 Å². The molecule has 3 nitrogen and oxygen atoms in total. The van der Waals surface area contributed by atoms with Gasteiger partial charge in [-0.2, -0.15) is 0 Å². The Morgan fingerprint density at radius 3 is 2.60 bits per heavy atom. The molecule has 0 aromatic heterocycles. The van der Waals surface area contributed by atoms with Crippen molar-refractivity contribution in [3.63, 3.8) is 0 Å². The molecule has 0 saturated carbocycles. The second-order valence-electron chi connectivity index (χ2n) is 3.35. The Bertz CT molecular complexity index is 307. The highest BCUT2D eigenvalue weighted by Gasteiger charge is 2.19. The first-order valence-corrected chi connectivity index (χ1v) is 4.68. The molecule has 1 fully saturated rings. The molecule has 1 heterocycles. The first-order chi connectivity index (χ1) is 6.77. The number of β-amino-alcohol motifs (C(OH)–C–C–N with tert-alkyl or cyclic N) is 1. The third kappa shape index (κ3) is 2.81. The molecule has 1 aliphatic rings. The standard InChI is InChI=1S/C10H13FN2O.ClH/c11-8-1-3-9(4-2-8)13-6-5-12-7-10(13)14;/h1-4,10,12,14H,5-7H2;1H. The zero-order valence-electron chi connectivity index (χ0n) is 8.19. The van der Waals surface area contributed by atoms with Gasteiger partial charge in [-0.25, -0.2) is 4.39 Å². The predicted molar refractivity (Wildman–Crippen MR) is 59.9 cm³/mol. The smallest absolute Gasteiger partial charge is 0.139 e. The molecular weight excluding hydrogens is 219 g/mol. The SMILES string of the molecule is Cl.OC1CNCCN1c1ccc(F)cc1. The van der Waals surface area contributed by atoms with E-state index < -0.39 is 6.23 Å². The van der Waals surface area contributed by atoms with Gasteiger partial charge in [-0.05, 0) is 24.3 Å². The lowest BCUT2D eigenvalue weighted by Gasteiger charge is -2.34. The molecule has 2 rings (SSSR count). The van der Waals surface area contributed by atoms with Gasteiger partial charge in [0.2, 0.25) is 0 Å². The van der Waals surface area contributed by atoms with E-state index in [-0.39, 0.29) is 18.2 Å². The van der Waals surface area contributed by atoms with Crippen molar-refractivity contribution in [1.29, 1.82) is 0 Å². The Morgan fingerprint density at radius 2 is 2.00 bits per heavy atom. The predicted octanol–water partition coefficient (Wildman–Crippen LogP) is 0.976. The lowest BCUT2D eigenvalue weighted by molar-refractivity contribution is 0.152. The van der Waals surface area contributed by atoms with Crippen LogP contribution in [-0.4, -0.2) is 31.0 Å². The fraction of sp³-hybridized carbons (Fsp3) is 0.400. The maximum atomic E-state index is 12.7. The van der Waals surface area contributed by atoms with Gasteiger partial charge in [0.1, 0.15) is 12.0 Å². The number of halogens is 2. The van der Waals surface area contributed by atoms with Crippen molar-refractivity contribution >= 4 is 18.1 Å². The molecule has 0 radical (unpaired) electrons. The minimum Gasteiger partial charge on any atom is -0.372 e. The molecule has 1 aliphatic heterocycles. The monoisotopic (exact) mass is 232 g/mol. The Morgan fingerprint density at radius 1 is 1.33 bits per heavy atom. The molecule has 1 aromatic rings. The number of benzene rings is 1. The second-order valence-corrected chi connectivity index (χ2v) is 3.35. The van der Waals surface area contributed by atoms with Crippen molar-refractivity contribution in [2.45, 2.75) is 6.23 Å². The highest BCUT2D eigenvalue weighted by atomic mass is 35.5. The summed E-state index contributed by atoms with van der Waals surface area (Å²) < 4.78 is 12.7. The van der Waals surface area contributed by atoms with E-state index in [1.54, 1.807) is 12.1 Å². The van der Waals surface area contributed by atoms with Crippen LogP contribution in [0, 0.1) is 5.82 Å². The number of hydrogen-bond acceptors (Lipinski definition) is 3. The van der Waals surface area contributed by atoms with Crippen molar-refractivity contribution in [1.82, 2.24) is 5.32 Å². The summed E-state index contributed by atoms with van der Waals surface area (Å²) in [6.07, 6.45) is -0.519. The summed E-state index contributed by atoms with van der Waals surface area (Å²) in [5.41, 5.74) is 0.861. The minimum atomic E-state index is -0.519. The first kappa shape index (κ1) is 12.2. The molecule has 0 aliphatic carbocycles. The summed E-state index contributed by atoms with van der Waals surface area (Å²) in [5.74, 6) is -0.252. The van der Waals surface area contributed by atoms with Crippen LogP contribution in [0.3, 0.4) is 0 Å². The third-order valence-electron chi connectivity index (χ3n) is 2.37. The lowest BCUT2D eigenvalue weighted by Crippen LogP contribution is -2.51. The maximum Gasteiger partial charge on any atom is 0.139 e. The molecule has 0 spiro atoms. The molecule has 2 N–H and O–H groups in total. The van der Waals surface area contributed by atoms with Crippen LogP contribution in [0.5, 0.6) is 0 Å². The maximum absolute atomic E-state index is 12.7. The van der Waals surface area contributed by atoms with Crippen LogP contribution in [0.4, 0.5) is 10.1 Å². The second kappa shape index (κ2) is 5.30. The molecular formula is C10H14ClFN2O. The highest BCUT2D eigenvalue weighted by molar-refractivity contribution is 5.85. The molecule has 0 amide bonds. The number of anilines is 1. The van der Waals surface area contributed by atoms with E-state index in [4.69, 9.17) is 0 Å². The number of nitrogens with zero attached hydrogens (tertiary/aromatic N) is 1. The molecule has 0 bridgehead atoms. The van der Waals surface area contributed by atoms with Crippen LogP contribution in [0.15, 0.2) is 24.3 Å². The average Bonchev–Trinajstić information content (AvgIpc) is 2.20. The number of rotatable bonds is 1. The van der Waals surface area contributed by atoms with Gasteiger partial charge < -0.3 is 15.3 Å². The number of hydrogen-bond donors (Lipinski definition) is 2. The largest absolute Gasteiger partial charge is 0.372 e. The van der Waals surface area contributed by atoms with Crippen molar-refractivity contribution in [2.75, 3.05) is 24.5 Å². The molecule has 1 atom stereocenters. The third-order valence-corrected chi connectivity index (χ3v) is 2.37. The zero-order valence-corrected chi connectivity index (χ0v) is 9.01. The van der Waals surface area contributed by atoms with Crippen molar-refractivity contribution in [3.05, 3.63) is 30.1 Å². The van der Waals surface area contributed by atoms with Gasteiger partial charge in [0.25, 0.3) is 0 Å². The Kier molecular flexibility index (Phi) is 4.32. The summed E-state index contributed by atoms with van der Waals surface area (Å²) in [7, 11) is 0. The van der Waals surface area contributed by atoms with E-state index in [2.05, 4.69) is 5.32 Å². The Hall–Kier alpha value is -0.840. The summed E-state index contributed by atoms with van der Waals surface area (Å²) in [6.45, 7) is 2.14. The lowest BCUT2D eigenvalue weighted by atomic mass is 10.2. The quantitative estimate of drug-likeness (QED) is 0.758. The van der Waals surface area contributed by atoms with Gasteiger partial charge >= 0.3 is 0 Å². The molecule has 1 unspecified atom stereocenters. The van der Waals surface area contributed by atoms with Crippen LogP contribution in [0.25, 0.3) is 0 Å². The van der Waals surface area contributed by atoms with E-state index in [0.717, 1.165) is 18.8 Å². The average molecular weight is 233 g/mol. The summed E-state index contributed by atoms with van der Waals surface area (Å²) in [5, 5.41) is 12.7. The van der Waals surface area contributed by atoms with Gasteiger partial charge in [-0.1, -0.05) is 0 Å². The fourth-order valence-corrected chi connectivity index (χ4v) is 1.62. The van der Waals surface area contributed by atoms with Crippen LogP contribution in [0.2, 0.25) is 0 Å². The number of nitrogens with one attached hydrogen (secondary N) is 1. The van der Waals surface area contributed by atoms with Gasteiger partial charge in [0, 0.05) is 25.3 Å². The number of aliphatic hydroxyl groups is 1. The highest BCUT2D eigenvalue weighted by Crippen LogP contribution is 2.17. The Labute approximate surface area is 94.3 Å². The Balaban J connectivity index is 0.00000112. The number of piperazine rings is 1. The van der Waals surface area contributed by atoms with Crippen molar-refractivity contribution < 1.29 is 9.50 Å². The van der Waals surface area contributed by atoms with E-state index in [9.17, 15) is 9.50 Å². The van der Waals surface area contributed by atoms with Gasteiger partial charge in [0.15, 0.2) is 0 Å². The van der Waals surface area contributed by atoms with E-state index in [0.29, 0.717) is 6.54 Å².